The first-order chi connectivity index (χ1) is 11.0. The predicted octanol–water partition coefficient (Wildman–Crippen LogP) is 1.32. The number of hydrogen-bond donors (Lipinski definition) is 3. The molecular formula is C16H19BrN2O4. The van der Waals surface area contributed by atoms with Gasteiger partial charge in [-0.1, -0.05) is 28.1 Å². The van der Waals surface area contributed by atoms with Crippen LogP contribution in [-0.2, 0) is 9.59 Å². The average Bonchev–Trinajstić information content (AvgIpc) is 2.77. The van der Waals surface area contributed by atoms with Crippen LogP contribution in [0, 0.1) is 0 Å². The molecule has 0 fully saturated rings. The minimum atomic E-state index is -0.593. The summed E-state index contributed by atoms with van der Waals surface area (Å²) in [6.45, 7) is 2.55. The molecule has 0 saturated heterocycles. The standard InChI is InChI=1S/C16H19BrN2O4/c1-10(21)13-14(11-2-4-12(17)5-3-11)19(16(23)15(13)22)8-6-18-7-9-20/h2-5,14,18,20,22H,6-9H2,1H3/t14-/m0/s1. The Morgan fingerprint density at radius 2 is 1.96 bits per heavy atom. The van der Waals surface area contributed by atoms with Crippen LogP contribution in [-0.4, -0.2) is 53.0 Å². The van der Waals surface area contributed by atoms with Gasteiger partial charge in [0.2, 0.25) is 0 Å². The first-order valence-electron chi connectivity index (χ1n) is 7.29. The molecule has 1 aliphatic rings. The molecule has 3 N–H and O–H groups in total. The quantitative estimate of drug-likeness (QED) is 0.618. The number of aliphatic hydroxyl groups is 2. The monoisotopic (exact) mass is 382 g/mol. The summed E-state index contributed by atoms with van der Waals surface area (Å²) in [5.74, 6) is -1.35. The zero-order valence-corrected chi connectivity index (χ0v) is 14.3. The van der Waals surface area contributed by atoms with Gasteiger partial charge < -0.3 is 20.4 Å². The number of rotatable bonds is 7. The van der Waals surface area contributed by atoms with Crippen molar-refractivity contribution in [3.63, 3.8) is 0 Å². The number of Topliss-reactive ketones (excluding diaryl/α,β-unsaturated/α-hetero) is 1. The van der Waals surface area contributed by atoms with Crippen molar-refractivity contribution in [3.8, 4) is 0 Å². The lowest BCUT2D eigenvalue weighted by molar-refractivity contribution is -0.129. The van der Waals surface area contributed by atoms with Crippen molar-refractivity contribution in [3.05, 3.63) is 45.6 Å². The second-order valence-electron chi connectivity index (χ2n) is 5.24. The minimum absolute atomic E-state index is 0.00623. The molecule has 1 amide bonds. The summed E-state index contributed by atoms with van der Waals surface area (Å²) in [5.41, 5.74) is 0.887. The summed E-state index contributed by atoms with van der Waals surface area (Å²) in [7, 11) is 0. The number of benzene rings is 1. The van der Waals surface area contributed by atoms with E-state index in [-0.39, 0.29) is 18.0 Å². The van der Waals surface area contributed by atoms with Crippen molar-refractivity contribution in [2.75, 3.05) is 26.2 Å². The summed E-state index contributed by atoms with van der Waals surface area (Å²) < 4.78 is 0.888. The summed E-state index contributed by atoms with van der Waals surface area (Å²) in [6, 6.07) is 6.70. The van der Waals surface area contributed by atoms with Gasteiger partial charge in [-0.3, -0.25) is 9.59 Å². The van der Waals surface area contributed by atoms with Gasteiger partial charge in [-0.05, 0) is 24.6 Å². The van der Waals surface area contributed by atoms with Gasteiger partial charge in [0.15, 0.2) is 11.5 Å². The largest absolute Gasteiger partial charge is 0.503 e. The molecule has 1 aromatic carbocycles. The van der Waals surface area contributed by atoms with Crippen LogP contribution in [0.2, 0.25) is 0 Å². The fraction of sp³-hybridized carbons (Fsp3) is 0.375. The third-order valence-electron chi connectivity index (χ3n) is 3.69. The van der Waals surface area contributed by atoms with E-state index < -0.39 is 17.7 Å². The molecule has 0 spiro atoms. The molecule has 7 heteroatoms. The van der Waals surface area contributed by atoms with Gasteiger partial charge in [0.1, 0.15) is 0 Å². The van der Waals surface area contributed by atoms with Crippen LogP contribution in [0.25, 0.3) is 0 Å². The second kappa shape index (κ2) is 7.72. The summed E-state index contributed by atoms with van der Waals surface area (Å²) in [5, 5.41) is 21.9. The molecule has 0 radical (unpaired) electrons. The van der Waals surface area contributed by atoms with Crippen molar-refractivity contribution >= 4 is 27.6 Å². The maximum atomic E-state index is 12.3. The highest BCUT2D eigenvalue weighted by Crippen LogP contribution is 2.37. The van der Waals surface area contributed by atoms with Gasteiger partial charge in [0.05, 0.1) is 18.2 Å². The van der Waals surface area contributed by atoms with Crippen LogP contribution < -0.4 is 5.32 Å². The Hall–Kier alpha value is -1.70. The van der Waals surface area contributed by atoms with E-state index in [0.717, 1.165) is 10.0 Å². The Morgan fingerprint density at radius 1 is 1.30 bits per heavy atom. The Balaban J connectivity index is 2.31. The normalized spacial score (nSPS) is 18.0. The lowest BCUT2D eigenvalue weighted by Gasteiger charge is -2.26. The van der Waals surface area contributed by atoms with Crippen LogP contribution in [0.15, 0.2) is 40.1 Å². The first kappa shape index (κ1) is 17.7. The SMILES string of the molecule is CC(=O)C1=C(O)C(=O)N(CCNCCO)[C@H]1c1ccc(Br)cc1. The van der Waals surface area contributed by atoms with E-state index in [1.165, 1.54) is 11.8 Å². The van der Waals surface area contributed by atoms with Gasteiger partial charge >= 0.3 is 0 Å². The molecule has 0 aliphatic carbocycles. The highest BCUT2D eigenvalue weighted by atomic mass is 79.9. The van der Waals surface area contributed by atoms with Gasteiger partial charge in [-0.25, -0.2) is 0 Å². The molecule has 1 aromatic rings. The molecule has 0 unspecified atom stereocenters. The second-order valence-corrected chi connectivity index (χ2v) is 6.16. The molecule has 0 bridgehead atoms. The zero-order valence-electron chi connectivity index (χ0n) is 12.8. The zero-order chi connectivity index (χ0) is 17.0. The number of carbonyl (C=O) groups excluding carboxylic acids is 2. The van der Waals surface area contributed by atoms with Crippen LogP contribution in [0.5, 0.6) is 0 Å². The molecule has 23 heavy (non-hydrogen) atoms. The van der Waals surface area contributed by atoms with Gasteiger partial charge in [0.25, 0.3) is 5.91 Å². The molecule has 0 saturated carbocycles. The van der Waals surface area contributed by atoms with Crippen molar-refractivity contribution in [1.29, 1.82) is 0 Å². The number of ketones is 1. The van der Waals surface area contributed by atoms with Crippen LogP contribution in [0.1, 0.15) is 18.5 Å². The molecule has 124 valence electrons. The van der Waals surface area contributed by atoms with Crippen LogP contribution >= 0.6 is 15.9 Å². The predicted molar refractivity (Wildman–Crippen MR) is 88.9 cm³/mol. The molecular weight excluding hydrogens is 364 g/mol. The third-order valence-corrected chi connectivity index (χ3v) is 4.22. The fourth-order valence-corrected chi connectivity index (χ4v) is 2.90. The molecule has 1 heterocycles. The summed E-state index contributed by atoms with van der Waals surface area (Å²) in [4.78, 5) is 25.7. The Kier molecular flexibility index (Phi) is 5.92. The Bertz CT molecular complexity index is 627. The summed E-state index contributed by atoms with van der Waals surface area (Å²) in [6.07, 6.45) is 0. The van der Waals surface area contributed by atoms with Crippen LogP contribution in [0.3, 0.4) is 0 Å². The maximum Gasteiger partial charge on any atom is 0.290 e. The molecule has 1 atom stereocenters. The first-order valence-corrected chi connectivity index (χ1v) is 8.08. The highest BCUT2D eigenvalue weighted by molar-refractivity contribution is 9.10. The van der Waals surface area contributed by atoms with E-state index in [4.69, 9.17) is 5.11 Å². The minimum Gasteiger partial charge on any atom is -0.503 e. The van der Waals surface area contributed by atoms with E-state index >= 15 is 0 Å². The maximum absolute atomic E-state index is 12.3. The number of nitrogens with one attached hydrogen (secondary N) is 1. The topological polar surface area (TPSA) is 89.9 Å². The van der Waals surface area contributed by atoms with Gasteiger partial charge in [-0.15, -0.1) is 0 Å². The van der Waals surface area contributed by atoms with Crippen molar-refractivity contribution in [2.24, 2.45) is 0 Å². The van der Waals surface area contributed by atoms with E-state index in [1.807, 2.05) is 24.3 Å². The van der Waals surface area contributed by atoms with Crippen LogP contribution in [0.4, 0.5) is 0 Å². The number of hydrogen-bond acceptors (Lipinski definition) is 5. The van der Waals surface area contributed by atoms with Crippen molar-refractivity contribution in [1.82, 2.24) is 10.2 Å². The van der Waals surface area contributed by atoms with Gasteiger partial charge in [0, 0.05) is 24.1 Å². The Labute approximate surface area is 142 Å². The summed E-state index contributed by atoms with van der Waals surface area (Å²) >= 11 is 3.35. The number of carbonyl (C=O) groups is 2. The fourth-order valence-electron chi connectivity index (χ4n) is 2.64. The molecule has 2 rings (SSSR count). The Morgan fingerprint density at radius 3 is 2.52 bits per heavy atom. The lowest BCUT2D eigenvalue weighted by atomic mass is 9.97. The van der Waals surface area contributed by atoms with Gasteiger partial charge in [-0.2, -0.15) is 0 Å². The van der Waals surface area contributed by atoms with Crippen molar-refractivity contribution < 1.29 is 19.8 Å². The van der Waals surface area contributed by atoms with E-state index in [0.29, 0.717) is 19.6 Å². The highest BCUT2D eigenvalue weighted by Gasteiger charge is 2.41. The molecule has 0 aromatic heterocycles. The number of aliphatic hydroxyl groups excluding tert-OH is 2. The number of halogens is 1. The lowest BCUT2D eigenvalue weighted by Crippen LogP contribution is -2.37. The van der Waals surface area contributed by atoms with Crippen molar-refractivity contribution in [2.45, 2.75) is 13.0 Å². The van der Waals surface area contributed by atoms with E-state index in [9.17, 15) is 14.7 Å². The average molecular weight is 383 g/mol. The smallest absolute Gasteiger partial charge is 0.290 e. The molecule has 6 nitrogen and oxygen atoms in total. The number of nitrogens with zero attached hydrogens (tertiary/aromatic N) is 1. The third kappa shape index (κ3) is 3.80. The number of amides is 1. The van der Waals surface area contributed by atoms with E-state index in [2.05, 4.69) is 21.2 Å². The van der Waals surface area contributed by atoms with E-state index in [1.54, 1.807) is 0 Å². The molecule has 1 aliphatic heterocycles.